The lowest BCUT2D eigenvalue weighted by Gasteiger charge is -2.26. The van der Waals surface area contributed by atoms with Gasteiger partial charge < -0.3 is 9.47 Å². The zero-order chi connectivity index (χ0) is 17.2. The number of esters is 2. The minimum absolute atomic E-state index is 0.611. The molecule has 0 bridgehead atoms. The number of carbonyl (C=O) groups excluding carboxylic acids is 2. The van der Waals surface area contributed by atoms with Crippen molar-refractivity contribution in [3.05, 3.63) is 41.4 Å². The van der Waals surface area contributed by atoms with Gasteiger partial charge in [-0.25, -0.2) is 14.0 Å². The number of halogens is 3. The van der Waals surface area contributed by atoms with E-state index in [0.717, 1.165) is 20.4 Å². The van der Waals surface area contributed by atoms with Gasteiger partial charge in [0.1, 0.15) is 11.1 Å². The molecule has 1 rings (SSSR count). The van der Waals surface area contributed by atoms with Crippen LogP contribution in [-0.4, -0.2) is 40.3 Å². The van der Waals surface area contributed by atoms with Gasteiger partial charge in [-0.05, 0) is 6.58 Å². The number of hydrogen-bond donors (Lipinski definition) is 0. The van der Waals surface area contributed by atoms with E-state index in [0.29, 0.717) is 0 Å². The van der Waals surface area contributed by atoms with E-state index in [9.17, 15) is 22.8 Å². The van der Waals surface area contributed by atoms with Gasteiger partial charge in [0.25, 0.3) is 0 Å². The Morgan fingerprint density at radius 3 is 1.73 bits per heavy atom. The fourth-order valence-electron chi connectivity index (χ4n) is 1.83. The molecule has 0 unspecified atom stereocenters. The summed E-state index contributed by atoms with van der Waals surface area (Å²) >= 11 is 0. The highest BCUT2D eigenvalue weighted by atomic mass is 19.2. The van der Waals surface area contributed by atoms with Crippen molar-refractivity contribution < 1.29 is 32.2 Å². The Labute approximate surface area is 125 Å². The van der Waals surface area contributed by atoms with Gasteiger partial charge in [0.15, 0.2) is 5.82 Å². The molecule has 8 heteroatoms. The molecule has 0 aliphatic heterocycles. The second-order valence-corrected chi connectivity index (χ2v) is 4.75. The Hall–Kier alpha value is -2.35. The van der Waals surface area contributed by atoms with Gasteiger partial charge in [-0.3, -0.25) is 4.48 Å². The molecule has 1 aromatic rings. The first-order chi connectivity index (χ1) is 10.1. The Bertz CT molecular complexity index is 656. The molecule has 0 saturated carbocycles. The van der Waals surface area contributed by atoms with Gasteiger partial charge in [0, 0.05) is 0 Å². The smallest absolute Gasteiger partial charge is 0.342 e. The molecule has 0 heterocycles. The van der Waals surface area contributed by atoms with Crippen LogP contribution in [0.15, 0.2) is 12.8 Å². The number of hydrogen-bond acceptors (Lipinski definition) is 4. The van der Waals surface area contributed by atoms with Crippen LogP contribution < -0.4 is 4.48 Å². The van der Waals surface area contributed by atoms with Crippen LogP contribution in [0.4, 0.5) is 18.9 Å². The number of quaternary nitrogens is 1. The summed E-state index contributed by atoms with van der Waals surface area (Å²) in [6.45, 7) is 3.40. The molecule has 0 aliphatic carbocycles. The molecule has 0 fully saturated rings. The van der Waals surface area contributed by atoms with Crippen molar-refractivity contribution in [3.63, 3.8) is 0 Å². The number of rotatable bonds is 4. The Balaban J connectivity index is 3.98. The van der Waals surface area contributed by atoms with Crippen LogP contribution >= 0.6 is 0 Å². The lowest BCUT2D eigenvalue weighted by Crippen LogP contribution is -2.37. The van der Waals surface area contributed by atoms with Crippen molar-refractivity contribution in [1.29, 1.82) is 0 Å². The zero-order valence-corrected chi connectivity index (χ0v) is 12.5. The SMILES string of the molecule is C=C[N+](C)(C)c1c(F)c(F)c(C(=O)OC)c(C(=O)OC)c1F. The van der Waals surface area contributed by atoms with E-state index in [1.165, 1.54) is 14.1 Å². The van der Waals surface area contributed by atoms with Crippen molar-refractivity contribution in [2.45, 2.75) is 0 Å². The third-order valence-corrected chi connectivity index (χ3v) is 3.11. The van der Waals surface area contributed by atoms with Gasteiger partial charge in [0.05, 0.1) is 34.5 Å². The molecule has 0 atom stereocenters. The molecule has 0 amide bonds. The maximum atomic E-state index is 14.6. The number of benzene rings is 1. The summed E-state index contributed by atoms with van der Waals surface area (Å²) in [4.78, 5) is 23.3. The van der Waals surface area contributed by atoms with E-state index in [1.807, 2.05) is 0 Å². The monoisotopic (exact) mass is 318 g/mol. The van der Waals surface area contributed by atoms with Gasteiger partial charge in [-0.15, -0.1) is 0 Å². The van der Waals surface area contributed by atoms with Crippen LogP contribution in [0.5, 0.6) is 0 Å². The molecular formula is C14H15F3NO4+. The van der Waals surface area contributed by atoms with Crippen molar-refractivity contribution in [2.75, 3.05) is 28.3 Å². The highest BCUT2D eigenvalue weighted by Gasteiger charge is 2.39. The van der Waals surface area contributed by atoms with Crippen molar-refractivity contribution in [3.8, 4) is 0 Å². The molecule has 1 aromatic carbocycles. The first-order valence-corrected chi connectivity index (χ1v) is 5.98. The third-order valence-electron chi connectivity index (χ3n) is 3.11. The maximum absolute atomic E-state index is 14.6. The van der Waals surface area contributed by atoms with E-state index in [1.54, 1.807) is 0 Å². The predicted molar refractivity (Wildman–Crippen MR) is 72.8 cm³/mol. The molecule has 0 radical (unpaired) electrons. The fourth-order valence-corrected chi connectivity index (χ4v) is 1.83. The highest BCUT2D eigenvalue weighted by molar-refractivity contribution is 6.04. The minimum Gasteiger partial charge on any atom is -0.465 e. The topological polar surface area (TPSA) is 52.6 Å². The summed E-state index contributed by atoms with van der Waals surface area (Å²) in [7, 11) is 4.42. The first-order valence-electron chi connectivity index (χ1n) is 5.98. The number of methoxy groups -OCH3 is 2. The van der Waals surface area contributed by atoms with Gasteiger partial charge >= 0.3 is 11.9 Å². The third kappa shape index (κ3) is 2.69. The molecular weight excluding hydrogens is 303 g/mol. The molecule has 120 valence electrons. The van der Waals surface area contributed by atoms with Gasteiger partial charge in [0.2, 0.25) is 17.3 Å². The van der Waals surface area contributed by atoms with E-state index in [2.05, 4.69) is 16.1 Å². The average molecular weight is 318 g/mol. The summed E-state index contributed by atoms with van der Waals surface area (Å²) in [6, 6.07) is 0. The predicted octanol–water partition coefficient (Wildman–Crippen LogP) is 2.39. The fraction of sp³-hybridized carbons (Fsp3) is 0.286. The number of ether oxygens (including phenoxy) is 2. The molecule has 5 nitrogen and oxygen atoms in total. The molecule has 0 N–H and O–H groups in total. The van der Waals surface area contributed by atoms with Crippen LogP contribution in [0.3, 0.4) is 0 Å². The van der Waals surface area contributed by atoms with Crippen LogP contribution in [0.25, 0.3) is 0 Å². The van der Waals surface area contributed by atoms with Crippen molar-refractivity contribution >= 4 is 17.6 Å². The molecule has 0 aliphatic rings. The van der Waals surface area contributed by atoms with Crippen molar-refractivity contribution in [2.24, 2.45) is 0 Å². The summed E-state index contributed by atoms with van der Waals surface area (Å²) in [5.74, 6) is -7.46. The largest absolute Gasteiger partial charge is 0.465 e. The Morgan fingerprint density at radius 1 is 0.955 bits per heavy atom. The maximum Gasteiger partial charge on any atom is 0.342 e. The van der Waals surface area contributed by atoms with Crippen molar-refractivity contribution in [1.82, 2.24) is 4.48 Å². The second-order valence-electron chi connectivity index (χ2n) is 4.75. The first kappa shape index (κ1) is 17.7. The van der Waals surface area contributed by atoms with Crippen LogP contribution in [0, 0.1) is 17.5 Å². The second kappa shape index (κ2) is 6.18. The number of nitrogens with zero attached hydrogens (tertiary/aromatic N) is 1. The summed E-state index contributed by atoms with van der Waals surface area (Å²) in [5.41, 5.74) is -2.98. The Kier molecular flexibility index (Phi) is 4.98. The van der Waals surface area contributed by atoms with Crippen LogP contribution in [-0.2, 0) is 9.47 Å². The van der Waals surface area contributed by atoms with Gasteiger partial charge in [-0.2, -0.15) is 8.78 Å². The number of carbonyl (C=O) groups is 2. The molecule has 0 saturated heterocycles. The lowest BCUT2D eigenvalue weighted by atomic mass is 10.0. The van der Waals surface area contributed by atoms with E-state index in [4.69, 9.17) is 0 Å². The van der Waals surface area contributed by atoms with E-state index >= 15 is 0 Å². The standard InChI is InChI=1S/C14H15F3NO4/c1-6-18(2,3)12-10(16)8(14(20)22-5)7(13(19)21-4)9(15)11(12)17/h6H,1H2,2-5H3/q+1. The van der Waals surface area contributed by atoms with E-state index < -0.39 is 50.7 Å². The Morgan fingerprint density at radius 2 is 1.36 bits per heavy atom. The molecule has 0 spiro atoms. The van der Waals surface area contributed by atoms with E-state index in [-0.39, 0.29) is 0 Å². The quantitative estimate of drug-likeness (QED) is 0.486. The molecule has 0 aromatic heterocycles. The minimum atomic E-state index is -1.70. The van der Waals surface area contributed by atoms with Crippen LogP contribution in [0.1, 0.15) is 20.7 Å². The highest BCUT2D eigenvalue weighted by Crippen LogP contribution is 2.35. The average Bonchev–Trinajstić information content (AvgIpc) is 2.48. The van der Waals surface area contributed by atoms with Gasteiger partial charge in [-0.1, -0.05) is 0 Å². The summed E-state index contributed by atoms with van der Waals surface area (Å²) in [6.07, 6.45) is 1.12. The summed E-state index contributed by atoms with van der Waals surface area (Å²) in [5, 5.41) is 0. The summed E-state index contributed by atoms with van der Waals surface area (Å²) < 4.78 is 51.0. The molecule has 22 heavy (non-hydrogen) atoms. The zero-order valence-electron chi connectivity index (χ0n) is 12.5. The van der Waals surface area contributed by atoms with Crippen LogP contribution in [0.2, 0.25) is 0 Å². The normalized spacial score (nSPS) is 11.0. The lowest BCUT2D eigenvalue weighted by molar-refractivity contribution is 0.0544.